The molecular weight excluding hydrogens is 192 g/mol. The van der Waals surface area contributed by atoms with E-state index in [2.05, 4.69) is 10.7 Å². The van der Waals surface area contributed by atoms with Gasteiger partial charge in [-0.2, -0.15) is 0 Å². The lowest BCUT2D eigenvalue weighted by Gasteiger charge is -2.34. The van der Waals surface area contributed by atoms with Crippen LogP contribution in [-0.2, 0) is 4.79 Å². The highest BCUT2D eigenvalue weighted by Crippen LogP contribution is 2.28. The SMILES string of the molecule is CC(N)CN1NC2(CCNCC2)CC1=O. The van der Waals surface area contributed by atoms with E-state index in [1.54, 1.807) is 5.01 Å². The Bertz CT molecular complexity index is 248. The van der Waals surface area contributed by atoms with Crippen molar-refractivity contribution in [3.63, 3.8) is 0 Å². The fourth-order valence-electron chi connectivity index (χ4n) is 2.40. The van der Waals surface area contributed by atoms with Gasteiger partial charge in [-0.05, 0) is 32.9 Å². The van der Waals surface area contributed by atoms with Crippen molar-refractivity contribution in [3.05, 3.63) is 0 Å². The molecule has 1 spiro atoms. The van der Waals surface area contributed by atoms with Crippen molar-refractivity contribution in [2.24, 2.45) is 5.73 Å². The van der Waals surface area contributed by atoms with Crippen molar-refractivity contribution in [1.82, 2.24) is 15.8 Å². The molecule has 0 radical (unpaired) electrons. The lowest BCUT2D eigenvalue weighted by molar-refractivity contribution is -0.129. The zero-order valence-electron chi connectivity index (χ0n) is 9.25. The van der Waals surface area contributed by atoms with Gasteiger partial charge in [-0.3, -0.25) is 9.80 Å². The largest absolute Gasteiger partial charge is 0.326 e. The molecule has 2 aliphatic heterocycles. The minimum absolute atomic E-state index is 0.0111. The van der Waals surface area contributed by atoms with Crippen molar-refractivity contribution >= 4 is 5.91 Å². The normalized spacial score (nSPS) is 27.3. The Morgan fingerprint density at radius 2 is 2.20 bits per heavy atom. The Kier molecular flexibility index (Phi) is 2.95. The van der Waals surface area contributed by atoms with E-state index in [1.807, 2.05) is 6.92 Å². The third kappa shape index (κ3) is 2.30. The van der Waals surface area contributed by atoms with Crippen LogP contribution in [0.15, 0.2) is 0 Å². The number of hydrogen-bond donors (Lipinski definition) is 3. The Hall–Kier alpha value is -0.650. The van der Waals surface area contributed by atoms with Crippen molar-refractivity contribution < 1.29 is 4.79 Å². The summed E-state index contributed by atoms with van der Waals surface area (Å²) in [6.45, 7) is 4.51. The average molecular weight is 212 g/mol. The van der Waals surface area contributed by atoms with Gasteiger partial charge in [0.15, 0.2) is 0 Å². The molecule has 5 nitrogen and oxygen atoms in total. The number of hydrazine groups is 1. The van der Waals surface area contributed by atoms with Gasteiger partial charge in [0.2, 0.25) is 5.91 Å². The first kappa shape index (κ1) is 10.9. The maximum atomic E-state index is 11.8. The summed E-state index contributed by atoms with van der Waals surface area (Å²) in [5, 5.41) is 5.02. The summed E-state index contributed by atoms with van der Waals surface area (Å²) in [5.74, 6) is 0.189. The standard InChI is InChI=1S/C10H20N4O/c1-8(11)7-14-9(15)6-10(13-14)2-4-12-5-3-10/h8,12-13H,2-7,11H2,1H3. The van der Waals surface area contributed by atoms with E-state index in [9.17, 15) is 4.79 Å². The number of hydrogen-bond acceptors (Lipinski definition) is 4. The van der Waals surface area contributed by atoms with Crippen LogP contribution in [0.5, 0.6) is 0 Å². The number of rotatable bonds is 2. The molecule has 2 fully saturated rings. The molecule has 0 saturated carbocycles. The highest BCUT2D eigenvalue weighted by Gasteiger charge is 2.43. The fourth-order valence-corrected chi connectivity index (χ4v) is 2.40. The van der Waals surface area contributed by atoms with E-state index in [0.29, 0.717) is 13.0 Å². The second kappa shape index (κ2) is 4.08. The predicted molar refractivity (Wildman–Crippen MR) is 57.9 cm³/mol. The maximum absolute atomic E-state index is 11.8. The van der Waals surface area contributed by atoms with Gasteiger partial charge in [-0.15, -0.1) is 0 Å². The molecule has 0 aromatic rings. The van der Waals surface area contributed by atoms with Gasteiger partial charge in [-0.25, -0.2) is 5.43 Å². The van der Waals surface area contributed by atoms with Crippen LogP contribution in [0.4, 0.5) is 0 Å². The monoisotopic (exact) mass is 212 g/mol. The number of piperidine rings is 1. The lowest BCUT2D eigenvalue weighted by atomic mass is 9.87. The van der Waals surface area contributed by atoms with E-state index in [-0.39, 0.29) is 17.5 Å². The maximum Gasteiger partial charge on any atom is 0.238 e. The Balaban J connectivity index is 1.98. The van der Waals surface area contributed by atoms with E-state index < -0.39 is 0 Å². The number of carbonyl (C=O) groups excluding carboxylic acids is 1. The third-order valence-electron chi connectivity index (χ3n) is 3.19. The molecule has 0 aromatic carbocycles. The van der Waals surface area contributed by atoms with Crippen LogP contribution in [0.25, 0.3) is 0 Å². The first-order valence-electron chi connectivity index (χ1n) is 5.66. The van der Waals surface area contributed by atoms with Crippen LogP contribution in [0.2, 0.25) is 0 Å². The van der Waals surface area contributed by atoms with Crippen LogP contribution in [-0.4, -0.2) is 42.1 Å². The molecule has 2 heterocycles. The first-order chi connectivity index (χ1) is 7.11. The molecule has 0 aliphatic carbocycles. The molecule has 2 saturated heterocycles. The molecule has 1 amide bonds. The van der Waals surface area contributed by atoms with Crippen molar-refractivity contribution in [2.45, 2.75) is 37.8 Å². The summed E-state index contributed by atoms with van der Waals surface area (Å²) in [4.78, 5) is 11.8. The second-order valence-electron chi connectivity index (χ2n) is 4.80. The highest BCUT2D eigenvalue weighted by molar-refractivity contribution is 5.79. The van der Waals surface area contributed by atoms with Gasteiger partial charge in [0, 0.05) is 18.0 Å². The van der Waals surface area contributed by atoms with Crippen molar-refractivity contribution in [3.8, 4) is 0 Å². The second-order valence-corrected chi connectivity index (χ2v) is 4.80. The summed E-state index contributed by atoms with van der Waals surface area (Å²) >= 11 is 0. The van der Waals surface area contributed by atoms with E-state index >= 15 is 0 Å². The van der Waals surface area contributed by atoms with E-state index in [1.165, 1.54) is 0 Å². The number of nitrogens with one attached hydrogen (secondary N) is 2. The van der Waals surface area contributed by atoms with Crippen LogP contribution in [0, 0.1) is 0 Å². The van der Waals surface area contributed by atoms with Gasteiger partial charge in [-0.1, -0.05) is 0 Å². The Labute approximate surface area is 90.3 Å². The molecule has 2 rings (SSSR count). The van der Waals surface area contributed by atoms with Gasteiger partial charge in [0.25, 0.3) is 0 Å². The first-order valence-corrected chi connectivity index (χ1v) is 5.66. The zero-order valence-corrected chi connectivity index (χ0v) is 9.25. The zero-order chi connectivity index (χ0) is 10.9. The van der Waals surface area contributed by atoms with Crippen LogP contribution in [0.3, 0.4) is 0 Å². The van der Waals surface area contributed by atoms with E-state index in [0.717, 1.165) is 25.9 Å². The number of nitrogens with two attached hydrogens (primary N) is 1. The fraction of sp³-hybridized carbons (Fsp3) is 0.900. The summed E-state index contributed by atoms with van der Waals surface area (Å²) in [6.07, 6.45) is 2.67. The minimum atomic E-state index is 0.0111. The van der Waals surface area contributed by atoms with Crippen LogP contribution < -0.4 is 16.5 Å². The topological polar surface area (TPSA) is 70.4 Å². The minimum Gasteiger partial charge on any atom is -0.326 e. The Morgan fingerprint density at radius 1 is 1.53 bits per heavy atom. The van der Waals surface area contributed by atoms with Gasteiger partial charge < -0.3 is 11.1 Å². The van der Waals surface area contributed by atoms with Gasteiger partial charge in [0.1, 0.15) is 0 Å². The molecule has 1 atom stereocenters. The Morgan fingerprint density at radius 3 is 2.80 bits per heavy atom. The highest BCUT2D eigenvalue weighted by atomic mass is 16.2. The predicted octanol–water partition coefficient (Wildman–Crippen LogP) is -0.807. The smallest absolute Gasteiger partial charge is 0.238 e. The molecule has 86 valence electrons. The molecule has 0 bridgehead atoms. The average Bonchev–Trinajstić information content (AvgIpc) is 2.43. The number of nitrogens with zero attached hydrogens (tertiary/aromatic N) is 1. The quantitative estimate of drug-likeness (QED) is 0.560. The molecule has 15 heavy (non-hydrogen) atoms. The van der Waals surface area contributed by atoms with Gasteiger partial charge in [0.05, 0.1) is 6.54 Å². The summed E-state index contributed by atoms with van der Waals surface area (Å²) in [5.41, 5.74) is 9.07. The summed E-state index contributed by atoms with van der Waals surface area (Å²) in [7, 11) is 0. The van der Waals surface area contributed by atoms with Crippen LogP contribution >= 0.6 is 0 Å². The lowest BCUT2D eigenvalue weighted by Crippen LogP contribution is -2.53. The number of carbonyl (C=O) groups is 1. The molecule has 4 N–H and O–H groups in total. The summed E-state index contributed by atoms with van der Waals surface area (Å²) in [6, 6.07) is 0.0262. The molecular formula is C10H20N4O. The van der Waals surface area contributed by atoms with Crippen molar-refractivity contribution in [2.75, 3.05) is 19.6 Å². The van der Waals surface area contributed by atoms with Crippen LogP contribution in [0.1, 0.15) is 26.2 Å². The molecule has 5 heteroatoms. The number of amides is 1. The molecule has 0 aromatic heterocycles. The van der Waals surface area contributed by atoms with E-state index in [4.69, 9.17) is 5.73 Å². The molecule has 2 aliphatic rings. The molecule has 1 unspecified atom stereocenters. The van der Waals surface area contributed by atoms with Crippen molar-refractivity contribution in [1.29, 1.82) is 0 Å². The third-order valence-corrected chi connectivity index (χ3v) is 3.19. The van der Waals surface area contributed by atoms with Gasteiger partial charge >= 0.3 is 0 Å². The summed E-state index contributed by atoms with van der Waals surface area (Å²) < 4.78 is 0.